The topological polar surface area (TPSA) is 78.8 Å². The normalized spacial score (nSPS) is 17.6. The number of hydrogen-bond donors (Lipinski definition) is 1. The first-order chi connectivity index (χ1) is 16.4. The number of aliphatic carboxylic acids is 1. The number of hydrogen-bond acceptors (Lipinski definition) is 6. The van der Waals surface area contributed by atoms with E-state index in [-0.39, 0.29) is 12.4 Å². The van der Waals surface area contributed by atoms with Crippen molar-refractivity contribution in [3.63, 3.8) is 0 Å². The van der Waals surface area contributed by atoms with Gasteiger partial charge in [0.15, 0.2) is 11.5 Å². The summed E-state index contributed by atoms with van der Waals surface area (Å²) in [4.78, 5) is 24.4. The van der Waals surface area contributed by atoms with Gasteiger partial charge >= 0.3 is 5.97 Å². The third-order valence-electron chi connectivity index (χ3n) is 6.94. The number of alkyl halides is 1. The van der Waals surface area contributed by atoms with Crippen molar-refractivity contribution in [3.8, 4) is 5.75 Å². The zero-order chi connectivity index (χ0) is 23.9. The van der Waals surface area contributed by atoms with Gasteiger partial charge in [-0.1, -0.05) is 18.2 Å². The Bertz CT molecular complexity index is 1220. The van der Waals surface area contributed by atoms with Crippen molar-refractivity contribution in [2.75, 3.05) is 43.6 Å². The smallest absolute Gasteiger partial charge is 0.323 e. The molecule has 0 amide bonds. The summed E-state index contributed by atoms with van der Waals surface area (Å²) in [5.74, 6) is 1.38. The van der Waals surface area contributed by atoms with Crippen molar-refractivity contribution in [1.29, 1.82) is 0 Å². The highest BCUT2D eigenvalue weighted by Crippen LogP contribution is 2.49. The number of piperidine rings is 1. The summed E-state index contributed by atoms with van der Waals surface area (Å²) in [7, 11) is 3.44. The maximum Gasteiger partial charge on any atom is 0.323 e. The molecule has 0 spiro atoms. The molecule has 5 rings (SSSR count). The molecule has 3 aromatic rings. The summed E-state index contributed by atoms with van der Waals surface area (Å²) < 4.78 is 20.6. The molecule has 0 atom stereocenters. The van der Waals surface area contributed by atoms with Gasteiger partial charge in [0.25, 0.3) is 0 Å². The Labute approximate surface area is 198 Å². The molecular weight excluding hydrogens is 435 g/mol. The van der Waals surface area contributed by atoms with Crippen LogP contribution in [0.5, 0.6) is 5.75 Å². The molecule has 2 aliphatic rings. The quantitative estimate of drug-likeness (QED) is 0.551. The van der Waals surface area contributed by atoms with E-state index in [1.807, 2.05) is 36.4 Å². The zero-order valence-corrected chi connectivity index (χ0v) is 19.5. The Kier molecular flexibility index (Phi) is 5.75. The van der Waals surface area contributed by atoms with Gasteiger partial charge in [0.05, 0.1) is 12.6 Å². The third-order valence-corrected chi connectivity index (χ3v) is 6.94. The van der Waals surface area contributed by atoms with Crippen molar-refractivity contribution < 1.29 is 19.0 Å². The molecule has 1 N–H and O–H groups in total. The van der Waals surface area contributed by atoms with Crippen LogP contribution < -0.4 is 14.5 Å². The van der Waals surface area contributed by atoms with Gasteiger partial charge in [-0.25, -0.2) is 14.4 Å². The fourth-order valence-electron chi connectivity index (χ4n) is 4.81. The number of carboxylic acids is 1. The molecule has 7 nitrogen and oxygen atoms in total. The molecular formula is C26H29FN4O3. The van der Waals surface area contributed by atoms with Crippen molar-refractivity contribution in [3.05, 3.63) is 53.9 Å². The number of rotatable bonds is 7. The molecule has 1 aromatic heterocycles. The maximum absolute atomic E-state index is 15.0. The number of carbonyl (C=O) groups is 1. The monoisotopic (exact) mass is 464 g/mol. The fourth-order valence-corrected chi connectivity index (χ4v) is 4.81. The number of halogens is 1. The summed E-state index contributed by atoms with van der Waals surface area (Å²) in [5.41, 5.74) is 1.23. The molecule has 178 valence electrons. The number of aromatic nitrogens is 2. The Hall–Kier alpha value is -3.42. The number of fused-ring (bicyclic) bond motifs is 1. The average Bonchev–Trinajstić information content (AvgIpc) is 3.61. The van der Waals surface area contributed by atoms with Crippen LogP contribution in [0, 0.1) is 0 Å². The van der Waals surface area contributed by atoms with Gasteiger partial charge < -0.3 is 19.6 Å². The van der Waals surface area contributed by atoms with Crippen LogP contribution in [-0.4, -0.2) is 54.8 Å². The predicted octanol–water partition coefficient (Wildman–Crippen LogP) is 4.50. The number of ether oxygens (including phenoxy) is 1. The molecule has 1 aliphatic heterocycles. The lowest BCUT2D eigenvalue weighted by molar-refractivity contribution is -0.135. The lowest BCUT2D eigenvalue weighted by Crippen LogP contribution is -2.34. The van der Waals surface area contributed by atoms with Gasteiger partial charge in [-0.2, -0.15) is 0 Å². The summed E-state index contributed by atoms with van der Waals surface area (Å²) >= 11 is 0. The number of nitrogens with zero attached hydrogens (tertiary/aromatic N) is 4. The molecule has 2 aromatic carbocycles. The first-order valence-electron chi connectivity index (χ1n) is 11.7. The highest BCUT2D eigenvalue weighted by atomic mass is 19.1. The predicted molar refractivity (Wildman–Crippen MR) is 130 cm³/mol. The van der Waals surface area contributed by atoms with Gasteiger partial charge in [0, 0.05) is 31.2 Å². The molecule has 0 unspecified atom stereocenters. The Morgan fingerprint density at radius 3 is 2.62 bits per heavy atom. The van der Waals surface area contributed by atoms with Crippen LogP contribution in [0.25, 0.3) is 10.9 Å². The summed E-state index contributed by atoms with van der Waals surface area (Å²) in [6.45, 7) is 1.45. The highest BCUT2D eigenvalue weighted by Gasteiger charge is 2.48. The van der Waals surface area contributed by atoms with Crippen LogP contribution >= 0.6 is 0 Å². The number of methoxy groups -OCH3 is 1. The van der Waals surface area contributed by atoms with Crippen molar-refractivity contribution in [1.82, 2.24) is 9.97 Å². The summed E-state index contributed by atoms with van der Waals surface area (Å²) in [5, 5.41) is 10.00. The highest BCUT2D eigenvalue weighted by molar-refractivity contribution is 5.93. The van der Waals surface area contributed by atoms with Gasteiger partial charge in [-0.15, -0.1) is 0 Å². The fraction of sp³-hybridized carbons (Fsp3) is 0.423. The number of para-hydroxylation sites is 1. The van der Waals surface area contributed by atoms with Crippen molar-refractivity contribution in [2.45, 2.75) is 37.3 Å². The van der Waals surface area contributed by atoms with Crippen LogP contribution in [0.1, 0.15) is 43.0 Å². The third kappa shape index (κ3) is 4.24. The lowest BCUT2D eigenvalue weighted by Gasteiger charge is -2.34. The minimum atomic E-state index is -1.43. The summed E-state index contributed by atoms with van der Waals surface area (Å²) in [6.07, 6.45) is 2.77. The molecule has 0 bridgehead atoms. The molecule has 34 heavy (non-hydrogen) atoms. The van der Waals surface area contributed by atoms with E-state index in [0.29, 0.717) is 24.3 Å². The van der Waals surface area contributed by atoms with Gasteiger partial charge in [0.1, 0.15) is 18.1 Å². The van der Waals surface area contributed by atoms with Crippen LogP contribution in [0.4, 0.5) is 15.9 Å². The number of carboxylic acid groups (broad SMARTS) is 1. The Balaban J connectivity index is 1.48. The van der Waals surface area contributed by atoms with E-state index in [1.165, 1.54) is 5.56 Å². The Morgan fingerprint density at radius 2 is 1.94 bits per heavy atom. The second kappa shape index (κ2) is 8.74. The summed E-state index contributed by atoms with van der Waals surface area (Å²) in [6, 6.07) is 13.7. The molecule has 2 fully saturated rings. The SMILES string of the molecule is COc1ccccc1C1CCN(c2nc(C3(F)CC3)nc3ccc(N(C)CC(=O)O)cc23)CC1. The lowest BCUT2D eigenvalue weighted by atomic mass is 9.88. The molecule has 2 heterocycles. The molecule has 0 radical (unpaired) electrons. The largest absolute Gasteiger partial charge is 0.496 e. The average molecular weight is 465 g/mol. The first kappa shape index (κ1) is 22.4. The molecule has 1 saturated heterocycles. The second-order valence-corrected chi connectivity index (χ2v) is 9.29. The molecule has 1 saturated carbocycles. The number of anilines is 2. The zero-order valence-electron chi connectivity index (χ0n) is 19.5. The van der Waals surface area contributed by atoms with Crippen LogP contribution in [-0.2, 0) is 10.5 Å². The first-order valence-corrected chi connectivity index (χ1v) is 11.7. The van der Waals surface area contributed by atoms with E-state index >= 15 is 0 Å². The Morgan fingerprint density at radius 1 is 1.21 bits per heavy atom. The van der Waals surface area contributed by atoms with Gasteiger partial charge in [-0.05, 0) is 61.4 Å². The van der Waals surface area contributed by atoms with Crippen LogP contribution in [0.2, 0.25) is 0 Å². The number of benzene rings is 2. The number of likely N-dealkylation sites (N-methyl/N-ethyl adjacent to an activating group) is 1. The van der Waals surface area contributed by atoms with Crippen LogP contribution in [0.15, 0.2) is 42.5 Å². The van der Waals surface area contributed by atoms with Crippen LogP contribution in [0.3, 0.4) is 0 Å². The van der Waals surface area contributed by atoms with E-state index < -0.39 is 11.6 Å². The van der Waals surface area contributed by atoms with Gasteiger partial charge in [-0.3, -0.25) is 4.79 Å². The molecule has 8 heteroatoms. The van der Waals surface area contributed by atoms with E-state index in [1.54, 1.807) is 19.1 Å². The minimum Gasteiger partial charge on any atom is -0.496 e. The maximum atomic E-state index is 15.0. The van der Waals surface area contributed by atoms with E-state index in [4.69, 9.17) is 9.72 Å². The molecule has 1 aliphatic carbocycles. The van der Waals surface area contributed by atoms with E-state index in [0.717, 1.165) is 48.6 Å². The van der Waals surface area contributed by atoms with E-state index in [9.17, 15) is 14.3 Å². The van der Waals surface area contributed by atoms with Crippen molar-refractivity contribution in [2.24, 2.45) is 0 Å². The minimum absolute atomic E-state index is 0.113. The van der Waals surface area contributed by atoms with E-state index in [2.05, 4.69) is 16.0 Å². The van der Waals surface area contributed by atoms with Crippen molar-refractivity contribution >= 4 is 28.4 Å². The van der Waals surface area contributed by atoms with Gasteiger partial charge in [0.2, 0.25) is 0 Å². The second-order valence-electron chi connectivity index (χ2n) is 9.29. The standard InChI is InChI=1S/C26H29FN4O3/c1-30(16-23(32)33)18-7-8-21-20(15-18)24(29-25(28-21)26(27)11-12-26)31-13-9-17(10-14-31)19-5-3-4-6-22(19)34-2/h3-8,15,17H,9-14,16H2,1-2H3,(H,32,33).